The molecule has 2 rings (SSSR count). The van der Waals surface area contributed by atoms with E-state index >= 15 is 0 Å². The van der Waals surface area contributed by atoms with E-state index in [1.165, 1.54) is 6.07 Å². The van der Waals surface area contributed by atoms with Gasteiger partial charge in [-0.3, -0.25) is 14.6 Å². The number of hydrogen-bond donors (Lipinski definition) is 2. The smallest absolute Gasteiger partial charge is 0.252 e. The molecule has 0 atom stereocenters. The lowest BCUT2D eigenvalue weighted by Gasteiger charge is -2.34. The van der Waals surface area contributed by atoms with Gasteiger partial charge in [-0.15, -0.1) is 0 Å². The van der Waals surface area contributed by atoms with Crippen LogP contribution in [0.5, 0.6) is 0 Å². The highest BCUT2D eigenvalue weighted by atomic mass is 19.2. The number of aliphatic hydroxyl groups excluding tert-OH is 1. The van der Waals surface area contributed by atoms with Gasteiger partial charge in [-0.25, -0.2) is 8.78 Å². The van der Waals surface area contributed by atoms with E-state index < -0.39 is 17.5 Å². The summed E-state index contributed by atoms with van der Waals surface area (Å²) in [5.74, 6) is -2.42. The van der Waals surface area contributed by atoms with Gasteiger partial charge in [-0.1, -0.05) is 0 Å². The molecule has 1 saturated heterocycles. The zero-order valence-electron chi connectivity index (χ0n) is 11.7. The van der Waals surface area contributed by atoms with Gasteiger partial charge in [0.25, 0.3) is 5.91 Å². The molecule has 0 bridgehead atoms. The second-order valence-corrected chi connectivity index (χ2v) is 4.98. The van der Waals surface area contributed by atoms with E-state index in [0.29, 0.717) is 13.2 Å². The van der Waals surface area contributed by atoms with Crippen LogP contribution in [0.2, 0.25) is 0 Å². The molecule has 5 nitrogen and oxygen atoms in total. The molecule has 116 valence electrons. The number of hydrogen-bond acceptors (Lipinski definition) is 4. The summed E-state index contributed by atoms with van der Waals surface area (Å²) in [6.45, 7) is 4.42. The highest BCUT2D eigenvalue weighted by Crippen LogP contribution is 2.08. The van der Waals surface area contributed by atoms with Crippen LogP contribution in [0.3, 0.4) is 0 Å². The molecule has 1 aliphatic rings. The molecule has 1 aromatic rings. The van der Waals surface area contributed by atoms with E-state index in [0.717, 1.165) is 38.3 Å². The average molecular weight is 299 g/mol. The first-order chi connectivity index (χ1) is 10.1. The third kappa shape index (κ3) is 4.45. The molecule has 0 radical (unpaired) electrons. The third-order valence-corrected chi connectivity index (χ3v) is 3.53. The Morgan fingerprint density at radius 3 is 2.43 bits per heavy atom. The number of nitrogens with one attached hydrogen (secondary N) is 1. The highest BCUT2D eigenvalue weighted by Gasteiger charge is 2.17. The molecule has 0 spiro atoms. The van der Waals surface area contributed by atoms with Crippen molar-refractivity contribution in [3.63, 3.8) is 0 Å². The number of amides is 1. The van der Waals surface area contributed by atoms with Crippen molar-refractivity contribution in [1.29, 1.82) is 0 Å². The van der Waals surface area contributed by atoms with Crippen LogP contribution >= 0.6 is 0 Å². The summed E-state index contributed by atoms with van der Waals surface area (Å²) >= 11 is 0. The van der Waals surface area contributed by atoms with Crippen LogP contribution in [0, 0.1) is 11.6 Å². The summed E-state index contributed by atoms with van der Waals surface area (Å²) in [5, 5.41) is 11.6. The Hall–Kier alpha value is -1.57. The maximum atomic E-state index is 13.1. The van der Waals surface area contributed by atoms with Crippen LogP contribution in [0.4, 0.5) is 8.78 Å². The lowest BCUT2D eigenvalue weighted by molar-refractivity contribution is 0.0847. The summed E-state index contributed by atoms with van der Waals surface area (Å²) in [6.07, 6.45) is 0. The fourth-order valence-electron chi connectivity index (χ4n) is 2.24. The van der Waals surface area contributed by atoms with Crippen LogP contribution in [0.1, 0.15) is 10.4 Å². The minimum Gasteiger partial charge on any atom is -0.395 e. The Labute approximate surface area is 122 Å². The number of rotatable bonds is 5. The molecule has 1 aliphatic heterocycles. The molecule has 2 N–H and O–H groups in total. The topological polar surface area (TPSA) is 55.8 Å². The first-order valence-corrected chi connectivity index (χ1v) is 6.89. The molecule has 1 heterocycles. The van der Waals surface area contributed by atoms with Crippen LogP contribution in [-0.4, -0.2) is 66.8 Å². The van der Waals surface area contributed by atoms with Crippen molar-refractivity contribution in [3.8, 4) is 0 Å². The number of nitrogens with zero attached hydrogens (tertiary/aromatic N) is 2. The zero-order valence-corrected chi connectivity index (χ0v) is 11.7. The lowest BCUT2D eigenvalue weighted by atomic mass is 10.2. The predicted molar refractivity (Wildman–Crippen MR) is 73.8 cm³/mol. The van der Waals surface area contributed by atoms with Crippen molar-refractivity contribution < 1.29 is 18.7 Å². The number of piperazine rings is 1. The van der Waals surface area contributed by atoms with Gasteiger partial charge in [0, 0.05) is 38.3 Å². The Kier molecular flexibility index (Phi) is 5.60. The first kappa shape index (κ1) is 15.8. The molecule has 1 amide bonds. The second-order valence-electron chi connectivity index (χ2n) is 4.98. The third-order valence-electron chi connectivity index (χ3n) is 3.53. The minimum absolute atomic E-state index is 0.104. The summed E-state index contributed by atoms with van der Waals surface area (Å²) in [7, 11) is 0. The van der Waals surface area contributed by atoms with E-state index in [2.05, 4.69) is 15.1 Å². The predicted octanol–water partition coefficient (Wildman–Crippen LogP) is 0.262. The number of β-amino-alcohol motifs (C(OH)–C–C–N with tert-alkyl or cyclic N) is 1. The van der Waals surface area contributed by atoms with E-state index in [-0.39, 0.29) is 12.2 Å². The number of benzene rings is 1. The summed E-state index contributed by atoms with van der Waals surface area (Å²) < 4.78 is 25.9. The quantitative estimate of drug-likeness (QED) is 0.819. The molecule has 0 saturated carbocycles. The van der Waals surface area contributed by atoms with Crippen molar-refractivity contribution in [2.24, 2.45) is 0 Å². The van der Waals surface area contributed by atoms with E-state index in [1.54, 1.807) is 0 Å². The Morgan fingerprint density at radius 2 is 1.81 bits per heavy atom. The number of halogens is 2. The van der Waals surface area contributed by atoms with Gasteiger partial charge in [0.05, 0.1) is 13.3 Å². The van der Waals surface area contributed by atoms with Crippen molar-refractivity contribution in [1.82, 2.24) is 15.1 Å². The molecule has 1 fully saturated rings. The summed E-state index contributed by atoms with van der Waals surface area (Å²) in [5.41, 5.74) is 0.104. The first-order valence-electron chi connectivity index (χ1n) is 6.89. The lowest BCUT2D eigenvalue weighted by Crippen LogP contribution is -2.50. The van der Waals surface area contributed by atoms with Crippen molar-refractivity contribution >= 4 is 5.91 Å². The maximum Gasteiger partial charge on any atom is 0.252 e. The number of carbonyl (C=O) groups excluding carboxylic acids is 1. The Morgan fingerprint density at radius 1 is 1.14 bits per heavy atom. The van der Waals surface area contributed by atoms with Gasteiger partial charge in [-0.05, 0) is 18.2 Å². The largest absolute Gasteiger partial charge is 0.395 e. The molecular weight excluding hydrogens is 280 g/mol. The Bertz CT molecular complexity index is 491. The number of carbonyl (C=O) groups is 1. The standard InChI is InChI=1S/C14H19F2N3O2/c15-12-2-1-11(9-13(12)16)14(21)17-10-19-5-3-18(4-6-19)7-8-20/h1-2,9,20H,3-8,10H2,(H,17,21). The molecule has 0 aromatic heterocycles. The molecule has 7 heteroatoms. The van der Waals surface area contributed by atoms with Gasteiger partial charge in [0.15, 0.2) is 11.6 Å². The normalized spacial score (nSPS) is 16.9. The minimum atomic E-state index is -1.03. The molecule has 1 aromatic carbocycles. The molecule has 21 heavy (non-hydrogen) atoms. The van der Waals surface area contributed by atoms with E-state index in [4.69, 9.17) is 5.11 Å². The number of aliphatic hydroxyl groups is 1. The molecule has 0 unspecified atom stereocenters. The van der Waals surface area contributed by atoms with Gasteiger partial charge >= 0.3 is 0 Å². The average Bonchev–Trinajstić information content (AvgIpc) is 2.49. The summed E-state index contributed by atoms with van der Waals surface area (Å²) in [4.78, 5) is 16.1. The van der Waals surface area contributed by atoms with Crippen molar-refractivity contribution in [2.75, 3.05) is 46.0 Å². The van der Waals surface area contributed by atoms with Crippen molar-refractivity contribution in [2.45, 2.75) is 0 Å². The van der Waals surface area contributed by atoms with Gasteiger partial charge in [0.1, 0.15) is 0 Å². The monoisotopic (exact) mass is 299 g/mol. The van der Waals surface area contributed by atoms with Gasteiger partial charge in [0.2, 0.25) is 0 Å². The van der Waals surface area contributed by atoms with Crippen LogP contribution in [0.15, 0.2) is 18.2 Å². The fourth-order valence-corrected chi connectivity index (χ4v) is 2.24. The van der Waals surface area contributed by atoms with Crippen molar-refractivity contribution in [3.05, 3.63) is 35.4 Å². The van der Waals surface area contributed by atoms with Crippen LogP contribution < -0.4 is 5.32 Å². The van der Waals surface area contributed by atoms with Crippen LogP contribution in [0.25, 0.3) is 0 Å². The van der Waals surface area contributed by atoms with E-state index in [1.807, 2.05) is 0 Å². The summed E-state index contributed by atoms with van der Waals surface area (Å²) in [6, 6.07) is 3.09. The zero-order chi connectivity index (χ0) is 15.2. The SMILES string of the molecule is O=C(NCN1CCN(CCO)CC1)c1ccc(F)c(F)c1. The molecular formula is C14H19F2N3O2. The van der Waals surface area contributed by atoms with E-state index in [9.17, 15) is 13.6 Å². The van der Waals surface area contributed by atoms with Gasteiger partial charge in [-0.2, -0.15) is 0 Å². The van der Waals surface area contributed by atoms with Crippen LogP contribution in [-0.2, 0) is 0 Å². The van der Waals surface area contributed by atoms with Gasteiger partial charge < -0.3 is 10.4 Å². The Balaban J connectivity index is 1.78. The highest BCUT2D eigenvalue weighted by molar-refractivity contribution is 5.94. The second kappa shape index (κ2) is 7.44. The molecule has 0 aliphatic carbocycles. The fraction of sp³-hybridized carbons (Fsp3) is 0.500. The maximum absolute atomic E-state index is 13.1.